The van der Waals surface area contributed by atoms with Crippen LogP contribution in [-0.4, -0.2) is 54.9 Å². The minimum Gasteiger partial charge on any atom is -0.469 e. The molecule has 33 heavy (non-hydrogen) atoms. The van der Waals surface area contributed by atoms with Crippen LogP contribution >= 0.6 is 23.2 Å². The third-order valence-corrected chi connectivity index (χ3v) is 5.10. The second kappa shape index (κ2) is 12.2. The van der Waals surface area contributed by atoms with Crippen molar-refractivity contribution in [2.24, 2.45) is 10.9 Å². The zero-order valence-electron chi connectivity index (χ0n) is 18.8. The number of methoxy groups -OCH3 is 1. The average molecular weight is 493 g/mol. The van der Waals surface area contributed by atoms with E-state index in [1.807, 2.05) is 31.2 Å². The number of nitrogens with zero attached hydrogens (tertiary/aromatic N) is 3. The largest absolute Gasteiger partial charge is 0.469 e. The molecule has 0 radical (unpaired) electrons. The minimum absolute atomic E-state index is 0.153. The van der Waals surface area contributed by atoms with Gasteiger partial charge in [-0.2, -0.15) is 0 Å². The maximum Gasteiger partial charge on any atom is 0.330 e. The molecule has 8 nitrogen and oxygen atoms in total. The number of aryl methyl sites for hydroxylation is 1. The molecule has 0 aliphatic rings. The van der Waals surface area contributed by atoms with E-state index in [9.17, 15) is 14.4 Å². The van der Waals surface area contributed by atoms with Gasteiger partial charge < -0.3 is 9.64 Å². The van der Waals surface area contributed by atoms with Gasteiger partial charge >= 0.3 is 12.0 Å². The predicted octanol–water partition coefficient (Wildman–Crippen LogP) is 4.40. The fraction of sp³-hybridized carbons (Fsp3) is 0.304. The topological polar surface area (TPSA) is 91.3 Å². The lowest BCUT2D eigenvalue weighted by Gasteiger charge is -2.25. The third-order valence-electron chi connectivity index (χ3n) is 4.67. The number of aliphatic imine (C=N–C) groups is 1. The van der Waals surface area contributed by atoms with E-state index >= 15 is 0 Å². The molecule has 3 amide bonds. The number of ether oxygens (including phenoxy) is 1. The predicted molar refractivity (Wildman–Crippen MR) is 129 cm³/mol. The first-order valence-corrected chi connectivity index (χ1v) is 10.8. The Morgan fingerprint density at radius 2 is 1.76 bits per heavy atom. The van der Waals surface area contributed by atoms with E-state index in [1.54, 1.807) is 37.1 Å². The maximum absolute atomic E-state index is 12.8. The SMILES string of the molecule is COC(=O)C(C)CN(C=O)C(=O)NC(=Nc1cc(Cl)cc(Cl)c1)N(C)Cc1ccc(C)cc1. The summed E-state index contributed by atoms with van der Waals surface area (Å²) in [6.45, 7) is 3.82. The summed E-state index contributed by atoms with van der Waals surface area (Å²) in [5, 5.41) is 3.41. The smallest absolute Gasteiger partial charge is 0.330 e. The molecule has 2 aromatic carbocycles. The first-order chi connectivity index (χ1) is 15.6. The van der Waals surface area contributed by atoms with E-state index in [2.05, 4.69) is 15.0 Å². The number of nitrogens with one attached hydrogen (secondary N) is 1. The molecule has 0 aliphatic carbocycles. The molecule has 1 atom stereocenters. The van der Waals surface area contributed by atoms with Gasteiger partial charge in [-0.05, 0) is 30.7 Å². The van der Waals surface area contributed by atoms with Gasteiger partial charge in [-0.15, -0.1) is 0 Å². The molecular formula is C23H26Cl2N4O4. The Labute approximate surface area is 203 Å². The second-order valence-electron chi connectivity index (χ2n) is 7.52. The van der Waals surface area contributed by atoms with Crippen LogP contribution in [0.25, 0.3) is 0 Å². The molecule has 0 bridgehead atoms. The molecule has 0 spiro atoms. The summed E-state index contributed by atoms with van der Waals surface area (Å²) in [6.07, 6.45) is 0.350. The summed E-state index contributed by atoms with van der Waals surface area (Å²) < 4.78 is 4.66. The first kappa shape index (κ1) is 26.2. The Hall–Kier alpha value is -3.10. The highest BCUT2D eigenvalue weighted by atomic mass is 35.5. The molecule has 0 aromatic heterocycles. The van der Waals surface area contributed by atoms with Gasteiger partial charge in [-0.25, -0.2) is 9.79 Å². The normalized spacial score (nSPS) is 12.0. The lowest BCUT2D eigenvalue weighted by atomic mass is 10.1. The first-order valence-electron chi connectivity index (χ1n) is 10.0. The van der Waals surface area contributed by atoms with Gasteiger partial charge in [0.15, 0.2) is 0 Å². The van der Waals surface area contributed by atoms with E-state index in [-0.39, 0.29) is 12.5 Å². The lowest BCUT2D eigenvalue weighted by molar-refractivity contribution is -0.145. The van der Waals surface area contributed by atoms with E-state index < -0.39 is 17.9 Å². The molecule has 2 rings (SSSR count). The van der Waals surface area contributed by atoms with Crippen molar-refractivity contribution in [2.45, 2.75) is 20.4 Å². The number of imide groups is 1. The number of hydrogen-bond acceptors (Lipinski definition) is 5. The fourth-order valence-electron chi connectivity index (χ4n) is 2.89. The number of carbonyl (C=O) groups excluding carboxylic acids is 3. The van der Waals surface area contributed by atoms with Crippen LogP contribution < -0.4 is 5.32 Å². The summed E-state index contributed by atoms with van der Waals surface area (Å²) >= 11 is 12.2. The Morgan fingerprint density at radius 1 is 1.15 bits per heavy atom. The van der Waals surface area contributed by atoms with Gasteiger partial charge in [0.1, 0.15) is 0 Å². The molecular weight excluding hydrogens is 467 g/mol. The Balaban J connectivity index is 2.31. The van der Waals surface area contributed by atoms with Crippen LogP contribution in [0.3, 0.4) is 0 Å². The van der Waals surface area contributed by atoms with E-state index in [1.165, 1.54) is 7.11 Å². The molecule has 2 aromatic rings. The van der Waals surface area contributed by atoms with Crippen molar-refractivity contribution in [3.8, 4) is 0 Å². The maximum atomic E-state index is 12.8. The molecule has 176 valence electrons. The Kier molecular flexibility index (Phi) is 9.69. The number of halogens is 2. The van der Waals surface area contributed by atoms with Crippen molar-refractivity contribution in [3.63, 3.8) is 0 Å². The number of benzene rings is 2. The summed E-state index contributed by atoms with van der Waals surface area (Å²) in [5.74, 6) is -1.06. The third kappa shape index (κ3) is 8.07. The molecule has 1 unspecified atom stereocenters. The number of amides is 3. The van der Waals surface area contributed by atoms with E-state index in [0.717, 1.165) is 16.0 Å². The van der Waals surface area contributed by atoms with Gasteiger partial charge in [0.2, 0.25) is 12.4 Å². The highest BCUT2D eigenvalue weighted by molar-refractivity contribution is 6.35. The van der Waals surface area contributed by atoms with Crippen LogP contribution in [0.5, 0.6) is 0 Å². The van der Waals surface area contributed by atoms with Crippen LogP contribution in [0.15, 0.2) is 47.5 Å². The van der Waals surface area contributed by atoms with Crippen molar-refractivity contribution in [1.29, 1.82) is 0 Å². The van der Waals surface area contributed by atoms with Gasteiger partial charge in [0.05, 0.1) is 18.7 Å². The number of esters is 1. The van der Waals surface area contributed by atoms with Crippen molar-refractivity contribution >= 4 is 53.3 Å². The number of guanidine groups is 1. The highest BCUT2D eigenvalue weighted by Gasteiger charge is 2.23. The zero-order valence-corrected chi connectivity index (χ0v) is 20.4. The number of carbonyl (C=O) groups is 3. The van der Waals surface area contributed by atoms with E-state index in [4.69, 9.17) is 23.2 Å². The van der Waals surface area contributed by atoms with Crippen molar-refractivity contribution < 1.29 is 19.1 Å². The fourth-order valence-corrected chi connectivity index (χ4v) is 3.40. The summed E-state index contributed by atoms with van der Waals surface area (Å²) in [6, 6.07) is 11.9. The quantitative estimate of drug-likeness (QED) is 0.267. The average Bonchev–Trinajstić information content (AvgIpc) is 2.76. The number of hydrogen-bond donors (Lipinski definition) is 1. The van der Waals surface area contributed by atoms with Crippen LogP contribution in [0.2, 0.25) is 10.0 Å². The Morgan fingerprint density at radius 3 is 2.30 bits per heavy atom. The second-order valence-corrected chi connectivity index (χ2v) is 8.39. The van der Waals surface area contributed by atoms with Crippen molar-refractivity contribution in [2.75, 3.05) is 20.7 Å². The van der Waals surface area contributed by atoms with Crippen LogP contribution in [0.4, 0.5) is 10.5 Å². The monoisotopic (exact) mass is 492 g/mol. The minimum atomic E-state index is -0.747. The molecule has 10 heteroatoms. The van der Waals surface area contributed by atoms with Gasteiger partial charge in [0, 0.05) is 30.2 Å². The molecule has 0 saturated heterocycles. The summed E-state index contributed by atoms with van der Waals surface area (Å²) in [4.78, 5) is 43.1. The van der Waals surface area contributed by atoms with Gasteiger partial charge in [-0.1, -0.05) is 60.0 Å². The summed E-state index contributed by atoms with van der Waals surface area (Å²) in [7, 11) is 2.98. The molecule has 1 N–H and O–H groups in total. The van der Waals surface area contributed by atoms with Crippen molar-refractivity contribution in [3.05, 3.63) is 63.6 Å². The summed E-state index contributed by atoms with van der Waals surface area (Å²) in [5.41, 5.74) is 2.53. The molecule has 0 saturated carbocycles. The van der Waals surface area contributed by atoms with Crippen LogP contribution in [-0.2, 0) is 20.9 Å². The lowest BCUT2D eigenvalue weighted by Crippen LogP contribution is -2.49. The standard InChI is InChI=1S/C23H26Cl2N4O4/c1-15-5-7-17(8-6-15)13-28(3)22(26-20-10-18(24)9-19(25)11-20)27-23(32)29(14-30)12-16(2)21(31)33-4/h5-11,14,16H,12-13H2,1-4H3,(H,26,27,32). The van der Waals surface area contributed by atoms with E-state index in [0.29, 0.717) is 28.7 Å². The zero-order chi connectivity index (χ0) is 24.5. The van der Waals surface area contributed by atoms with Crippen LogP contribution in [0, 0.1) is 12.8 Å². The molecule has 0 heterocycles. The number of urea groups is 1. The Bertz CT molecular complexity index is 1010. The molecule has 0 aliphatic heterocycles. The number of rotatable bonds is 7. The van der Waals surface area contributed by atoms with Crippen LogP contribution in [0.1, 0.15) is 18.1 Å². The highest BCUT2D eigenvalue weighted by Crippen LogP contribution is 2.25. The van der Waals surface area contributed by atoms with Crippen molar-refractivity contribution in [1.82, 2.24) is 15.1 Å². The van der Waals surface area contributed by atoms with Gasteiger partial charge in [-0.3, -0.25) is 19.8 Å². The molecule has 0 fully saturated rings. The van der Waals surface area contributed by atoms with Gasteiger partial charge in [0.25, 0.3) is 0 Å².